The minimum atomic E-state index is -0.743. The van der Waals surface area contributed by atoms with Crippen LogP contribution >= 0.6 is 0 Å². The number of likely N-dealkylation sites (tertiary alicyclic amines) is 1. The molecule has 2 aliphatic rings. The van der Waals surface area contributed by atoms with Gasteiger partial charge in [-0.1, -0.05) is 6.92 Å². The van der Waals surface area contributed by atoms with Crippen molar-refractivity contribution >= 4 is 11.9 Å². The van der Waals surface area contributed by atoms with Crippen LogP contribution in [0.2, 0.25) is 0 Å². The van der Waals surface area contributed by atoms with Crippen molar-refractivity contribution in [1.82, 2.24) is 10.2 Å². The van der Waals surface area contributed by atoms with Gasteiger partial charge in [0.05, 0.1) is 5.41 Å². The lowest BCUT2D eigenvalue weighted by atomic mass is 9.82. The third kappa shape index (κ3) is 3.32. The monoisotopic (exact) mass is 282 g/mol. The van der Waals surface area contributed by atoms with E-state index in [4.69, 9.17) is 5.11 Å². The number of hydrogen-bond acceptors (Lipinski definition) is 3. The highest BCUT2D eigenvalue weighted by molar-refractivity contribution is 5.83. The Bertz CT molecular complexity index is 377. The van der Waals surface area contributed by atoms with Gasteiger partial charge in [0.15, 0.2) is 0 Å². The number of rotatable bonds is 4. The molecule has 2 aliphatic heterocycles. The maximum Gasteiger partial charge on any atom is 0.303 e. The normalized spacial score (nSPS) is 32.1. The number of carbonyl (C=O) groups is 2. The van der Waals surface area contributed by atoms with Gasteiger partial charge in [0, 0.05) is 26.1 Å². The number of carboxylic acid groups (broad SMARTS) is 1. The maximum atomic E-state index is 12.7. The van der Waals surface area contributed by atoms with Crippen molar-refractivity contribution in [2.75, 3.05) is 26.2 Å². The SMILES string of the molecule is CC(CC(=O)O)C1CCCN(C(=O)C2(C)CCNC2)C1. The van der Waals surface area contributed by atoms with E-state index in [1.54, 1.807) is 0 Å². The molecule has 5 nitrogen and oxygen atoms in total. The number of amides is 1. The molecular weight excluding hydrogens is 256 g/mol. The Morgan fingerprint density at radius 3 is 2.85 bits per heavy atom. The molecule has 0 aliphatic carbocycles. The Hall–Kier alpha value is -1.10. The second kappa shape index (κ2) is 6.12. The summed E-state index contributed by atoms with van der Waals surface area (Å²) in [5.74, 6) is -0.0398. The third-order valence-electron chi connectivity index (χ3n) is 4.93. The number of hydrogen-bond donors (Lipinski definition) is 2. The summed E-state index contributed by atoms with van der Waals surface area (Å²) in [4.78, 5) is 25.5. The third-order valence-corrected chi connectivity index (χ3v) is 4.93. The van der Waals surface area contributed by atoms with Gasteiger partial charge < -0.3 is 15.3 Å². The van der Waals surface area contributed by atoms with Crippen LogP contribution < -0.4 is 5.32 Å². The smallest absolute Gasteiger partial charge is 0.303 e. The highest BCUT2D eigenvalue weighted by atomic mass is 16.4. The van der Waals surface area contributed by atoms with Crippen LogP contribution in [0.25, 0.3) is 0 Å². The van der Waals surface area contributed by atoms with Crippen LogP contribution in [0.1, 0.15) is 39.5 Å². The van der Waals surface area contributed by atoms with Crippen molar-refractivity contribution < 1.29 is 14.7 Å². The number of carboxylic acids is 1. The summed E-state index contributed by atoms with van der Waals surface area (Å²) >= 11 is 0. The zero-order valence-corrected chi connectivity index (χ0v) is 12.5. The van der Waals surface area contributed by atoms with Gasteiger partial charge in [0.2, 0.25) is 5.91 Å². The average Bonchev–Trinajstić information content (AvgIpc) is 2.85. The zero-order valence-electron chi connectivity index (χ0n) is 12.5. The molecule has 3 unspecified atom stereocenters. The van der Waals surface area contributed by atoms with Crippen molar-refractivity contribution in [2.24, 2.45) is 17.3 Å². The van der Waals surface area contributed by atoms with Crippen LogP contribution in [-0.2, 0) is 9.59 Å². The summed E-state index contributed by atoms with van der Waals surface area (Å²) in [7, 11) is 0. The van der Waals surface area contributed by atoms with Gasteiger partial charge in [-0.3, -0.25) is 9.59 Å². The lowest BCUT2D eigenvalue weighted by Crippen LogP contribution is -2.48. The fourth-order valence-corrected chi connectivity index (χ4v) is 3.48. The minimum absolute atomic E-state index is 0.137. The average molecular weight is 282 g/mol. The topological polar surface area (TPSA) is 69.6 Å². The summed E-state index contributed by atoms with van der Waals surface area (Å²) in [5.41, 5.74) is -0.266. The van der Waals surface area contributed by atoms with E-state index in [1.807, 2.05) is 18.7 Å². The van der Waals surface area contributed by atoms with Crippen LogP contribution in [0.5, 0.6) is 0 Å². The van der Waals surface area contributed by atoms with Gasteiger partial charge >= 0.3 is 5.97 Å². The first kappa shape index (κ1) is 15.3. The Kier molecular flexibility index (Phi) is 4.68. The molecule has 114 valence electrons. The van der Waals surface area contributed by atoms with E-state index in [0.717, 1.165) is 45.4 Å². The Labute approximate surface area is 120 Å². The summed E-state index contributed by atoms with van der Waals surface area (Å²) in [6.45, 7) is 7.26. The van der Waals surface area contributed by atoms with Gasteiger partial charge in [-0.2, -0.15) is 0 Å². The number of nitrogens with one attached hydrogen (secondary N) is 1. The highest BCUT2D eigenvalue weighted by Gasteiger charge is 2.40. The summed E-state index contributed by atoms with van der Waals surface area (Å²) in [5, 5.41) is 12.2. The van der Waals surface area contributed by atoms with E-state index < -0.39 is 5.97 Å². The summed E-state index contributed by atoms with van der Waals surface area (Å²) < 4.78 is 0. The Balaban J connectivity index is 1.96. The molecule has 0 aromatic rings. The van der Waals surface area contributed by atoms with Crippen molar-refractivity contribution in [1.29, 1.82) is 0 Å². The van der Waals surface area contributed by atoms with Gasteiger partial charge in [-0.15, -0.1) is 0 Å². The van der Waals surface area contributed by atoms with E-state index >= 15 is 0 Å². The predicted molar refractivity (Wildman–Crippen MR) is 76.3 cm³/mol. The van der Waals surface area contributed by atoms with E-state index in [1.165, 1.54) is 0 Å². The number of carbonyl (C=O) groups excluding carboxylic acids is 1. The van der Waals surface area contributed by atoms with Crippen LogP contribution in [0.3, 0.4) is 0 Å². The fraction of sp³-hybridized carbons (Fsp3) is 0.867. The van der Waals surface area contributed by atoms with Crippen molar-refractivity contribution in [3.05, 3.63) is 0 Å². The minimum Gasteiger partial charge on any atom is -0.481 e. The second-order valence-corrected chi connectivity index (χ2v) is 6.72. The molecule has 2 heterocycles. The molecule has 0 aromatic heterocycles. The molecule has 0 spiro atoms. The van der Waals surface area contributed by atoms with E-state index in [0.29, 0.717) is 5.92 Å². The van der Waals surface area contributed by atoms with Gasteiger partial charge in [0.1, 0.15) is 0 Å². The molecule has 2 rings (SSSR count). The van der Waals surface area contributed by atoms with Crippen LogP contribution in [0, 0.1) is 17.3 Å². The van der Waals surface area contributed by atoms with Crippen molar-refractivity contribution in [3.8, 4) is 0 Å². The van der Waals surface area contributed by atoms with Gasteiger partial charge in [0.25, 0.3) is 0 Å². The molecule has 20 heavy (non-hydrogen) atoms. The molecule has 1 amide bonds. The molecule has 2 saturated heterocycles. The quantitative estimate of drug-likeness (QED) is 0.816. The molecule has 3 atom stereocenters. The number of piperidine rings is 1. The first-order valence-corrected chi connectivity index (χ1v) is 7.64. The van der Waals surface area contributed by atoms with Crippen molar-refractivity contribution in [3.63, 3.8) is 0 Å². The maximum absolute atomic E-state index is 12.7. The lowest BCUT2D eigenvalue weighted by molar-refractivity contribution is -0.142. The summed E-state index contributed by atoms with van der Waals surface area (Å²) in [6.07, 6.45) is 3.13. The highest BCUT2D eigenvalue weighted by Crippen LogP contribution is 2.32. The summed E-state index contributed by atoms with van der Waals surface area (Å²) in [6, 6.07) is 0. The molecular formula is C15H26N2O3. The van der Waals surface area contributed by atoms with Crippen LogP contribution in [0.4, 0.5) is 0 Å². The number of nitrogens with zero attached hydrogens (tertiary/aromatic N) is 1. The van der Waals surface area contributed by atoms with E-state index in [2.05, 4.69) is 5.32 Å². The Morgan fingerprint density at radius 2 is 2.25 bits per heavy atom. The molecule has 0 radical (unpaired) electrons. The number of aliphatic carboxylic acids is 1. The lowest BCUT2D eigenvalue weighted by Gasteiger charge is -2.39. The molecule has 5 heteroatoms. The molecule has 0 bridgehead atoms. The molecule has 2 N–H and O–H groups in total. The first-order chi connectivity index (χ1) is 9.42. The van der Waals surface area contributed by atoms with Crippen LogP contribution in [0.15, 0.2) is 0 Å². The standard InChI is InChI=1S/C15H26N2O3/c1-11(8-13(18)19)12-4-3-7-17(9-12)14(20)15(2)5-6-16-10-15/h11-12,16H,3-10H2,1-2H3,(H,18,19). The zero-order chi connectivity index (χ0) is 14.8. The largest absolute Gasteiger partial charge is 0.481 e. The van der Waals surface area contributed by atoms with Crippen molar-refractivity contribution in [2.45, 2.75) is 39.5 Å². The van der Waals surface area contributed by atoms with E-state index in [9.17, 15) is 9.59 Å². The van der Waals surface area contributed by atoms with Gasteiger partial charge in [-0.05, 0) is 44.6 Å². The van der Waals surface area contributed by atoms with E-state index in [-0.39, 0.29) is 23.7 Å². The molecule has 0 saturated carbocycles. The first-order valence-electron chi connectivity index (χ1n) is 7.64. The Morgan fingerprint density at radius 1 is 1.50 bits per heavy atom. The predicted octanol–water partition coefficient (Wildman–Crippen LogP) is 1.34. The second-order valence-electron chi connectivity index (χ2n) is 6.72. The van der Waals surface area contributed by atoms with Crippen LogP contribution in [-0.4, -0.2) is 48.1 Å². The molecule has 0 aromatic carbocycles. The fourth-order valence-electron chi connectivity index (χ4n) is 3.48. The van der Waals surface area contributed by atoms with Gasteiger partial charge in [-0.25, -0.2) is 0 Å². The molecule has 2 fully saturated rings.